The maximum Gasteiger partial charge on any atom is 0.276 e. The lowest BCUT2D eigenvalue weighted by molar-refractivity contribution is 0.354. The summed E-state index contributed by atoms with van der Waals surface area (Å²) in [7, 11) is -1.06. The number of aromatic hydroxyl groups is 2. The normalized spacial score (nSPS) is 11.4. The van der Waals surface area contributed by atoms with Gasteiger partial charge in [-0.15, -0.1) is 0 Å². The van der Waals surface area contributed by atoms with E-state index in [2.05, 4.69) is 5.10 Å². The molecule has 0 aromatic heterocycles. The van der Waals surface area contributed by atoms with Crippen LogP contribution in [0.1, 0.15) is 5.56 Å². The highest BCUT2D eigenvalue weighted by Gasteiger charge is 2.16. The summed E-state index contributed by atoms with van der Waals surface area (Å²) in [6.45, 7) is 0. The summed E-state index contributed by atoms with van der Waals surface area (Å²) in [5, 5.41) is 22.2. The molecule has 0 bridgehead atoms. The minimum absolute atomic E-state index is 0.0501. The molecule has 0 aliphatic rings. The van der Waals surface area contributed by atoms with Crippen LogP contribution in [0.3, 0.4) is 0 Å². The lowest BCUT2D eigenvalue weighted by Crippen LogP contribution is -2.18. The van der Waals surface area contributed by atoms with Gasteiger partial charge in [-0.25, -0.2) is 4.83 Å². The number of ether oxygens (including phenoxy) is 2. The summed E-state index contributed by atoms with van der Waals surface area (Å²) in [6, 6.07) is 8.09. The van der Waals surface area contributed by atoms with Crippen LogP contribution < -0.4 is 14.3 Å². The monoisotopic (exact) mass is 352 g/mol. The Morgan fingerprint density at radius 2 is 1.71 bits per heavy atom. The molecule has 8 nitrogen and oxygen atoms in total. The van der Waals surface area contributed by atoms with Crippen molar-refractivity contribution in [2.24, 2.45) is 5.10 Å². The molecule has 3 N–H and O–H groups in total. The van der Waals surface area contributed by atoms with Crippen LogP contribution in [-0.2, 0) is 10.0 Å². The summed E-state index contributed by atoms with van der Waals surface area (Å²) in [4.78, 5) is 2.00. The summed E-state index contributed by atoms with van der Waals surface area (Å²) < 4.78 is 34.5. The van der Waals surface area contributed by atoms with Gasteiger partial charge in [0.05, 0.1) is 25.3 Å². The second-order valence-corrected chi connectivity index (χ2v) is 6.28. The van der Waals surface area contributed by atoms with E-state index in [9.17, 15) is 18.6 Å². The second kappa shape index (κ2) is 7.09. The van der Waals surface area contributed by atoms with Crippen LogP contribution in [0.25, 0.3) is 0 Å². The number of hydrogen-bond donors (Lipinski definition) is 3. The SMILES string of the molecule is COc1ccc(S(=O)(=O)N/N=C\c2ccc(O)c(O)c2)cc1OC. The van der Waals surface area contributed by atoms with E-state index in [1.807, 2.05) is 4.83 Å². The van der Waals surface area contributed by atoms with Gasteiger partial charge in [-0.05, 0) is 35.9 Å². The van der Waals surface area contributed by atoms with Gasteiger partial charge in [0.2, 0.25) is 0 Å². The fourth-order valence-corrected chi connectivity index (χ4v) is 2.63. The molecule has 128 valence electrons. The van der Waals surface area contributed by atoms with Gasteiger partial charge in [-0.1, -0.05) is 0 Å². The summed E-state index contributed by atoms with van der Waals surface area (Å²) in [6.07, 6.45) is 1.19. The van der Waals surface area contributed by atoms with Crippen molar-refractivity contribution in [1.29, 1.82) is 0 Å². The number of hydrazone groups is 1. The molecular formula is C15H16N2O6S. The van der Waals surface area contributed by atoms with Gasteiger partial charge in [0, 0.05) is 6.07 Å². The Morgan fingerprint density at radius 1 is 1.00 bits per heavy atom. The maximum atomic E-state index is 12.2. The highest BCUT2D eigenvalue weighted by atomic mass is 32.2. The van der Waals surface area contributed by atoms with E-state index >= 15 is 0 Å². The molecule has 0 amide bonds. The van der Waals surface area contributed by atoms with Crippen LogP contribution in [0.15, 0.2) is 46.4 Å². The van der Waals surface area contributed by atoms with Crippen molar-refractivity contribution in [2.45, 2.75) is 4.90 Å². The van der Waals surface area contributed by atoms with E-state index < -0.39 is 10.0 Å². The Hall–Kier alpha value is -2.94. The minimum Gasteiger partial charge on any atom is -0.504 e. The molecule has 0 saturated carbocycles. The molecule has 0 radical (unpaired) electrons. The van der Waals surface area contributed by atoms with Gasteiger partial charge >= 0.3 is 0 Å². The number of methoxy groups -OCH3 is 2. The maximum absolute atomic E-state index is 12.2. The lowest BCUT2D eigenvalue weighted by Gasteiger charge is -2.09. The lowest BCUT2D eigenvalue weighted by atomic mass is 10.2. The van der Waals surface area contributed by atoms with Gasteiger partial charge in [-0.3, -0.25) is 0 Å². The molecule has 0 heterocycles. The molecule has 0 unspecified atom stereocenters. The van der Waals surface area contributed by atoms with E-state index in [0.717, 1.165) is 0 Å². The van der Waals surface area contributed by atoms with Crippen LogP contribution in [0, 0.1) is 0 Å². The molecule has 2 rings (SSSR count). The predicted octanol–water partition coefficient (Wildman–Crippen LogP) is 1.43. The van der Waals surface area contributed by atoms with E-state index in [-0.39, 0.29) is 22.1 Å². The first-order chi connectivity index (χ1) is 11.4. The number of rotatable bonds is 6. The summed E-state index contributed by atoms with van der Waals surface area (Å²) in [5.41, 5.74) is 0.403. The summed E-state index contributed by atoms with van der Waals surface area (Å²) in [5.74, 6) is 0.0621. The Kier molecular flexibility index (Phi) is 5.14. The third-order valence-electron chi connectivity index (χ3n) is 3.05. The average Bonchev–Trinajstić information content (AvgIpc) is 2.57. The van der Waals surface area contributed by atoms with Crippen molar-refractivity contribution in [3.8, 4) is 23.0 Å². The van der Waals surface area contributed by atoms with Crippen LogP contribution in [-0.4, -0.2) is 39.1 Å². The Balaban J connectivity index is 2.19. The molecule has 0 fully saturated rings. The number of nitrogens with one attached hydrogen (secondary N) is 1. The van der Waals surface area contributed by atoms with Gasteiger partial charge < -0.3 is 19.7 Å². The van der Waals surface area contributed by atoms with E-state index in [1.54, 1.807) is 0 Å². The van der Waals surface area contributed by atoms with Crippen molar-refractivity contribution >= 4 is 16.2 Å². The molecule has 0 atom stereocenters. The zero-order chi connectivity index (χ0) is 17.7. The Labute approximate surface area is 139 Å². The van der Waals surface area contributed by atoms with Crippen molar-refractivity contribution < 1.29 is 28.1 Å². The molecule has 24 heavy (non-hydrogen) atoms. The average molecular weight is 352 g/mol. The van der Waals surface area contributed by atoms with Crippen LogP contribution >= 0.6 is 0 Å². The number of benzene rings is 2. The predicted molar refractivity (Wildman–Crippen MR) is 87.2 cm³/mol. The largest absolute Gasteiger partial charge is 0.504 e. The first kappa shape index (κ1) is 17.4. The molecule has 9 heteroatoms. The van der Waals surface area contributed by atoms with E-state index in [0.29, 0.717) is 11.3 Å². The molecule has 0 spiro atoms. The van der Waals surface area contributed by atoms with Crippen molar-refractivity contribution in [2.75, 3.05) is 14.2 Å². The Bertz CT molecular complexity index is 864. The van der Waals surface area contributed by atoms with Gasteiger partial charge in [0.1, 0.15) is 0 Å². The van der Waals surface area contributed by atoms with Crippen molar-refractivity contribution in [3.63, 3.8) is 0 Å². The minimum atomic E-state index is -3.90. The number of phenolic OH excluding ortho intramolecular Hbond substituents is 2. The molecule has 2 aromatic carbocycles. The van der Waals surface area contributed by atoms with Gasteiger partial charge in [0.15, 0.2) is 23.0 Å². The number of phenols is 2. The standard InChI is InChI=1S/C15H16N2O6S/c1-22-14-6-4-11(8-15(14)23-2)24(20,21)17-16-9-10-3-5-12(18)13(19)7-10/h3-9,17-19H,1-2H3/b16-9-. The highest BCUT2D eigenvalue weighted by Crippen LogP contribution is 2.29. The summed E-state index contributed by atoms with van der Waals surface area (Å²) >= 11 is 0. The fraction of sp³-hybridized carbons (Fsp3) is 0.133. The van der Waals surface area contributed by atoms with E-state index in [4.69, 9.17) is 9.47 Å². The van der Waals surface area contributed by atoms with E-state index in [1.165, 1.54) is 56.8 Å². The zero-order valence-corrected chi connectivity index (χ0v) is 13.7. The first-order valence-electron chi connectivity index (χ1n) is 6.66. The first-order valence-corrected chi connectivity index (χ1v) is 8.14. The van der Waals surface area contributed by atoms with Crippen LogP contribution in [0.5, 0.6) is 23.0 Å². The van der Waals surface area contributed by atoms with Crippen LogP contribution in [0.2, 0.25) is 0 Å². The molecule has 0 saturated heterocycles. The quantitative estimate of drug-likeness (QED) is 0.411. The molecule has 2 aromatic rings. The highest BCUT2D eigenvalue weighted by molar-refractivity contribution is 7.89. The third kappa shape index (κ3) is 3.87. The van der Waals surface area contributed by atoms with Crippen molar-refractivity contribution in [3.05, 3.63) is 42.0 Å². The van der Waals surface area contributed by atoms with Gasteiger partial charge in [-0.2, -0.15) is 13.5 Å². The topological polar surface area (TPSA) is 117 Å². The van der Waals surface area contributed by atoms with Gasteiger partial charge in [0.25, 0.3) is 10.0 Å². The fourth-order valence-electron chi connectivity index (χ4n) is 1.83. The Morgan fingerprint density at radius 3 is 2.33 bits per heavy atom. The molecule has 0 aliphatic carbocycles. The molecular weight excluding hydrogens is 336 g/mol. The number of nitrogens with zero attached hydrogens (tertiary/aromatic N) is 1. The second-order valence-electron chi connectivity index (χ2n) is 4.62. The molecule has 0 aliphatic heterocycles. The third-order valence-corrected chi connectivity index (χ3v) is 4.27. The van der Waals surface area contributed by atoms with Crippen molar-refractivity contribution in [1.82, 2.24) is 4.83 Å². The number of hydrogen-bond acceptors (Lipinski definition) is 7. The smallest absolute Gasteiger partial charge is 0.276 e. The zero-order valence-electron chi connectivity index (χ0n) is 12.9. The number of sulfonamides is 1. The van der Waals surface area contributed by atoms with Crippen LogP contribution in [0.4, 0.5) is 0 Å².